The lowest BCUT2D eigenvalue weighted by Gasteiger charge is -2.52. The van der Waals surface area contributed by atoms with Crippen LogP contribution in [0.15, 0.2) is 34.9 Å². The van der Waals surface area contributed by atoms with Crippen LogP contribution in [0.2, 0.25) is 0 Å². The number of Topliss-reactive ketones (excluding diaryl/α,β-unsaturated/α-hetero) is 1. The molecule has 0 heterocycles. The molecule has 0 radical (unpaired) electrons. The summed E-state index contributed by atoms with van der Waals surface area (Å²) in [7, 11) is 0. The monoisotopic (exact) mass is 500 g/mol. The molecular weight excluding hydrogens is 460 g/mol. The number of hydrogen-bond donors (Lipinski definition) is 2. The zero-order chi connectivity index (χ0) is 27.0. The van der Waals surface area contributed by atoms with E-state index in [1.165, 1.54) is 0 Å². The highest BCUT2D eigenvalue weighted by atomic mass is 16.6. The first-order valence-corrected chi connectivity index (χ1v) is 13.0. The van der Waals surface area contributed by atoms with Crippen molar-refractivity contribution in [3.63, 3.8) is 0 Å². The fourth-order valence-electron chi connectivity index (χ4n) is 7.37. The Morgan fingerprint density at radius 1 is 1.22 bits per heavy atom. The van der Waals surface area contributed by atoms with Crippen molar-refractivity contribution < 1.29 is 34.1 Å². The fraction of sp³-hybridized carbons (Fsp3) is 0.690. The van der Waals surface area contributed by atoms with E-state index in [1.807, 2.05) is 32.9 Å². The topological polar surface area (TPSA) is 110 Å². The van der Waals surface area contributed by atoms with E-state index in [2.05, 4.69) is 0 Å². The predicted octanol–water partition coefficient (Wildman–Crippen LogP) is 3.54. The molecule has 0 saturated heterocycles. The Morgan fingerprint density at radius 2 is 1.86 bits per heavy atom. The molecule has 0 spiro atoms. The Hall–Kier alpha value is -2.25. The van der Waals surface area contributed by atoms with Crippen LogP contribution in [0.4, 0.5) is 0 Å². The summed E-state index contributed by atoms with van der Waals surface area (Å²) < 4.78 is 12.4. The summed E-state index contributed by atoms with van der Waals surface area (Å²) >= 11 is 0. The Balaban J connectivity index is 1.93. The molecule has 4 aliphatic carbocycles. The number of esters is 2. The fourth-order valence-corrected chi connectivity index (χ4v) is 7.37. The lowest BCUT2D eigenvalue weighted by molar-refractivity contribution is -0.220. The van der Waals surface area contributed by atoms with Crippen LogP contribution in [-0.2, 0) is 23.9 Å². The predicted molar refractivity (Wildman–Crippen MR) is 133 cm³/mol. The molecule has 7 heteroatoms. The first kappa shape index (κ1) is 26.8. The van der Waals surface area contributed by atoms with Crippen molar-refractivity contribution in [2.24, 2.45) is 40.9 Å². The van der Waals surface area contributed by atoms with Gasteiger partial charge >= 0.3 is 11.9 Å². The minimum Gasteiger partial charge on any atom is -0.454 e. The number of carbonyl (C=O) groups is 3. The van der Waals surface area contributed by atoms with Gasteiger partial charge in [-0.05, 0) is 38.3 Å². The molecule has 0 aliphatic heterocycles. The van der Waals surface area contributed by atoms with Gasteiger partial charge in [-0.25, -0.2) is 4.79 Å². The third-order valence-electron chi connectivity index (χ3n) is 9.62. The molecule has 2 fully saturated rings. The molecule has 4 aliphatic rings. The maximum atomic E-state index is 13.1. The van der Waals surface area contributed by atoms with E-state index in [4.69, 9.17) is 9.47 Å². The zero-order valence-electron chi connectivity index (χ0n) is 22.6. The van der Waals surface area contributed by atoms with Crippen molar-refractivity contribution in [3.05, 3.63) is 34.9 Å². The number of aliphatic hydroxyl groups excluding tert-OH is 1. The van der Waals surface area contributed by atoms with Gasteiger partial charge in [0.2, 0.25) is 0 Å². The quantitative estimate of drug-likeness (QED) is 0.338. The van der Waals surface area contributed by atoms with Gasteiger partial charge in [0.05, 0.1) is 18.1 Å². The molecule has 0 aromatic carbocycles. The minimum absolute atomic E-state index is 0.0305. The lowest BCUT2D eigenvalue weighted by Crippen LogP contribution is -2.63. The van der Waals surface area contributed by atoms with Gasteiger partial charge in [-0.15, -0.1) is 0 Å². The van der Waals surface area contributed by atoms with Crippen molar-refractivity contribution in [3.8, 4) is 0 Å². The number of fused-ring (bicyclic) bond motifs is 5. The first-order chi connectivity index (χ1) is 16.7. The highest BCUT2D eigenvalue weighted by Crippen LogP contribution is 2.77. The second-order valence-corrected chi connectivity index (χ2v) is 12.1. The van der Waals surface area contributed by atoms with Crippen molar-refractivity contribution in [1.82, 2.24) is 0 Å². The SMILES string of the molecule is C/C=C(\C)C(=O)O[C@@H]1[C@@H](C)[C@]2(O)[C@@H]3C=C(C)C(=O)[C@@H]3CC(CO)=C[C@H]2[C@@H]2C(C)(C)[C@]12OC(=O)C(C)C. The second-order valence-electron chi connectivity index (χ2n) is 12.1. The third kappa shape index (κ3) is 3.42. The number of ketones is 1. The van der Waals surface area contributed by atoms with E-state index in [1.54, 1.807) is 40.7 Å². The van der Waals surface area contributed by atoms with E-state index in [-0.39, 0.29) is 24.2 Å². The van der Waals surface area contributed by atoms with Crippen molar-refractivity contribution in [2.75, 3.05) is 6.61 Å². The van der Waals surface area contributed by atoms with Crippen LogP contribution in [0.25, 0.3) is 0 Å². The van der Waals surface area contributed by atoms with Crippen LogP contribution in [0.1, 0.15) is 61.8 Å². The van der Waals surface area contributed by atoms with Gasteiger partial charge in [0.25, 0.3) is 0 Å². The van der Waals surface area contributed by atoms with Crippen LogP contribution in [-0.4, -0.2) is 51.8 Å². The molecule has 2 N–H and O–H groups in total. The van der Waals surface area contributed by atoms with E-state index in [0.717, 1.165) is 0 Å². The summed E-state index contributed by atoms with van der Waals surface area (Å²) in [5.41, 5.74) is -1.51. The summed E-state index contributed by atoms with van der Waals surface area (Å²) in [5, 5.41) is 22.8. The van der Waals surface area contributed by atoms with Crippen LogP contribution < -0.4 is 0 Å². The molecule has 0 amide bonds. The minimum atomic E-state index is -1.45. The van der Waals surface area contributed by atoms with Gasteiger partial charge in [0, 0.05) is 40.6 Å². The molecular formula is C29H40O7. The highest BCUT2D eigenvalue weighted by Gasteiger charge is 2.87. The number of carbonyl (C=O) groups excluding carboxylic acids is 3. The van der Waals surface area contributed by atoms with Crippen molar-refractivity contribution >= 4 is 17.7 Å². The highest BCUT2D eigenvalue weighted by molar-refractivity contribution is 6.00. The second kappa shape index (κ2) is 8.66. The Labute approximate surface area is 213 Å². The summed E-state index contributed by atoms with van der Waals surface area (Å²) in [5.74, 6) is -3.88. The normalized spacial score (nSPS) is 40.9. The number of allylic oxidation sites excluding steroid dienone is 2. The van der Waals surface area contributed by atoms with E-state index in [9.17, 15) is 24.6 Å². The Kier molecular flexibility index (Phi) is 6.45. The molecule has 8 atom stereocenters. The molecule has 0 unspecified atom stereocenters. The lowest BCUT2D eigenvalue weighted by atomic mass is 9.59. The van der Waals surface area contributed by atoms with Crippen molar-refractivity contribution in [1.29, 1.82) is 0 Å². The van der Waals surface area contributed by atoms with E-state index < -0.39 is 58.3 Å². The van der Waals surface area contributed by atoms with Crippen LogP contribution in [0, 0.1) is 40.9 Å². The first-order valence-electron chi connectivity index (χ1n) is 13.0. The molecule has 0 aromatic rings. The van der Waals surface area contributed by atoms with Gasteiger partial charge in [-0.3, -0.25) is 9.59 Å². The zero-order valence-corrected chi connectivity index (χ0v) is 22.6. The Morgan fingerprint density at radius 3 is 2.42 bits per heavy atom. The van der Waals surface area contributed by atoms with E-state index in [0.29, 0.717) is 23.1 Å². The van der Waals surface area contributed by atoms with Gasteiger partial charge in [-0.2, -0.15) is 0 Å². The average Bonchev–Trinajstić information content (AvgIpc) is 3.22. The van der Waals surface area contributed by atoms with Crippen molar-refractivity contribution in [2.45, 2.75) is 79.1 Å². The van der Waals surface area contributed by atoms with Gasteiger partial charge in [-0.1, -0.05) is 52.8 Å². The smallest absolute Gasteiger partial charge is 0.333 e. The molecule has 0 bridgehead atoms. The molecule has 198 valence electrons. The molecule has 0 aromatic heterocycles. The number of aliphatic hydroxyl groups is 2. The van der Waals surface area contributed by atoms with Gasteiger partial charge < -0.3 is 19.7 Å². The average molecular weight is 501 g/mol. The van der Waals surface area contributed by atoms with E-state index >= 15 is 0 Å². The molecule has 7 nitrogen and oxygen atoms in total. The summed E-state index contributed by atoms with van der Waals surface area (Å²) in [6.07, 6.45) is 4.85. The molecule has 2 saturated carbocycles. The van der Waals surface area contributed by atoms with Gasteiger partial charge in [0.15, 0.2) is 11.4 Å². The summed E-state index contributed by atoms with van der Waals surface area (Å²) in [4.78, 5) is 39.2. The Bertz CT molecular complexity index is 1080. The third-order valence-corrected chi connectivity index (χ3v) is 9.62. The van der Waals surface area contributed by atoms with Crippen LogP contribution in [0.5, 0.6) is 0 Å². The standard InChI is InChI=1S/C29H40O7/c1-9-15(4)26(33)35-24-17(6)28(34)20-10-16(5)22(31)19(20)11-18(13-30)12-21(28)23-27(7,8)29(23,24)36-25(32)14(2)3/h9-10,12,14,17,19-21,23-24,30,34H,11,13H2,1-8H3/b15-9+/t17-,19-,20-,21+,23-,24-,28+,29-/m1/s1. The maximum absolute atomic E-state index is 13.1. The largest absolute Gasteiger partial charge is 0.454 e. The van der Waals surface area contributed by atoms with Gasteiger partial charge in [0.1, 0.15) is 6.10 Å². The van der Waals surface area contributed by atoms with Crippen LogP contribution in [0.3, 0.4) is 0 Å². The maximum Gasteiger partial charge on any atom is 0.333 e. The summed E-state index contributed by atoms with van der Waals surface area (Å²) in [6.45, 7) is 14.2. The summed E-state index contributed by atoms with van der Waals surface area (Å²) in [6, 6.07) is 0. The molecule has 36 heavy (non-hydrogen) atoms. The number of ether oxygens (including phenoxy) is 2. The number of hydrogen-bond acceptors (Lipinski definition) is 7. The number of rotatable bonds is 5. The molecule has 4 rings (SSSR count). The van der Waals surface area contributed by atoms with Crippen LogP contribution >= 0.6 is 0 Å².